The first-order chi connectivity index (χ1) is 7.17. The highest BCUT2D eigenvalue weighted by Crippen LogP contribution is 2.17. The topological polar surface area (TPSA) is 41.5 Å². The van der Waals surface area contributed by atoms with E-state index in [1.165, 1.54) is 5.56 Å². The van der Waals surface area contributed by atoms with E-state index in [-0.39, 0.29) is 18.7 Å². The molecule has 0 aliphatic rings. The minimum Gasteiger partial charge on any atom is -0.497 e. The standard InChI is InChI=1S/C12H19NO2/c1-9(8-14)13-10(2)11-4-6-12(15-3)7-5-11/h4-7,9-10,13-14H,8H2,1-3H3/t9-,10?/m0/s1. The zero-order valence-electron chi connectivity index (χ0n) is 9.53. The number of aliphatic hydroxyl groups excluding tert-OH is 1. The van der Waals surface area contributed by atoms with Crippen molar-refractivity contribution >= 4 is 0 Å². The summed E-state index contributed by atoms with van der Waals surface area (Å²) in [5.41, 5.74) is 1.19. The molecule has 0 bridgehead atoms. The molecule has 3 nitrogen and oxygen atoms in total. The first-order valence-electron chi connectivity index (χ1n) is 5.18. The Morgan fingerprint density at radius 2 is 1.87 bits per heavy atom. The molecule has 0 aliphatic carbocycles. The number of rotatable bonds is 5. The molecule has 1 rings (SSSR count). The normalized spacial score (nSPS) is 14.7. The largest absolute Gasteiger partial charge is 0.497 e. The zero-order chi connectivity index (χ0) is 11.3. The number of methoxy groups -OCH3 is 1. The molecule has 0 fully saturated rings. The first-order valence-corrected chi connectivity index (χ1v) is 5.18. The number of ether oxygens (including phenoxy) is 1. The number of benzene rings is 1. The molecule has 0 radical (unpaired) electrons. The third-order valence-corrected chi connectivity index (χ3v) is 2.42. The smallest absolute Gasteiger partial charge is 0.118 e. The average molecular weight is 209 g/mol. The van der Waals surface area contributed by atoms with Gasteiger partial charge in [0.2, 0.25) is 0 Å². The zero-order valence-corrected chi connectivity index (χ0v) is 9.53. The van der Waals surface area contributed by atoms with E-state index < -0.39 is 0 Å². The summed E-state index contributed by atoms with van der Waals surface area (Å²) in [7, 11) is 1.66. The van der Waals surface area contributed by atoms with Crippen molar-refractivity contribution in [2.45, 2.75) is 25.9 Å². The molecule has 0 amide bonds. The minimum absolute atomic E-state index is 0.113. The Balaban J connectivity index is 2.61. The van der Waals surface area contributed by atoms with Crippen LogP contribution in [0.1, 0.15) is 25.5 Å². The van der Waals surface area contributed by atoms with Gasteiger partial charge >= 0.3 is 0 Å². The van der Waals surface area contributed by atoms with Crippen molar-refractivity contribution in [2.75, 3.05) is 13.7 Å². The first kappa shape index (κ1) is 12.0. The molecule has 15 heavy (non-hydrogen) atoms. The molecule has 0 heterocycles. The highest BCUT2D eigenvalue weighted by molar-refractivity contribution is 5.28. The maximum absolute atomic E-state index is 8.93. The molecular weight excluding hydrogens is 190 g/mol. The van der Waals surface area contributed by atoms with Gasteiger partial charge in [-0.3, -0.25) is 0 Å². The second-order valence-electron chi connectivity index (χ2n) is 3.75. The molecule has 0 aromatic heterocycles. The lowest BCUT2D eigenvalue weighted by Crippen LogP contribution is -2.31. The van der Waals surface area contributed by atoms with Crippen molar-refractivity contribution in [3.8, 4) is 5.75 Å². The minimum atomic E-state index is 0.113. The Morgan fingerprint density at radius 3 is 2.33 bits per heavy atom. The Hall–Kier alpha value is -1.06. The highest BCUT2D eigenvalue weighted by atomic mass is 16.5. The molecule has 3 heteroatoms. The summed E-state index contributed by atoms with van der Waals surface area (Å²) < 4.78 is 5.09. The highest BCUT2D eigenvalue weighted by Gasteiger charge is 2.08. The van der Waals surface area contributed by atoms with Crippen molar-refractivity contribution in [3.63, 3.8) is 0 Å². The number of nitrogens with one attached hydrogen (secondary N) is 1. The van der Waals surface area contributed by atoms with Crippen LogP contribution in [0.2, 0.25) is 0 Å². The lowest BCUT2D eigenvalue weighted by atomic mass is 10.1. The monoisotopic (exact) mass is 209 g/mol. The second kappa shape index (κ2) is 5.73. The molecule has 0 saturated carbocycles. The van der Waals surface area contributed by atoms with Crippen molar-refractivity contribution in [3.05, 3.63) is 29.8 Å². The average Bonchev–Trinajstić information content (AvgIpc) is 2.29. The third kappa shape index (κ3) is 3.53. The second-order valence-corrected chi connectivity index (χ2v) is 3.75. The van der Waals surface area contributed by atoms with Crippen molar-refractivity contribution in [1.29, 1.82) is 0 Å². The van der Waals surface area contributed by atoms with Crippen molar-refractivity contribution in [1.82, 2.24) is 5.32 Å². The van der Waals surface area contributed by atoms with E-state index in [9.17, 15) is 0 Å². The molecule has 0 saturated heterocycles. The van der Waals surface area contributed by atoms with Crippen LogP contribution < -0.4 is 10.1 Å². The summed E-state index contributed by atoms with van der Waals surface area (Å²) in [6.45, 7) is 4.19. The van der Waals surface area contributed by atoms with Crippen LogP contribution in [-0.2, 0) is 0 Å². The van der Waals surface area contributed by atoms with Gasteiger partial charge in [-0.25, -0.2) is 0 Å². The number of hydrogen-bond acceptors (Lipinski definition) is 3. The molecule has 1 unspecified atom stereocenters. The van der Waals surface area contributed by atoms with E-state index in [1.807, 2.05) is 31.2 Å². The molecule has 1 aromatic rings. The van der Waals surface area contributed by atoms with E-state index in [1.54, 1.807) is 7.11 Å². The van der Waals surface area contributed by atoms with Gasteiger partial charge in [-0.2, -0.15) is 0 Å². The molecule has 0 spiro atoms. The molecule has 2 atom stereocenters. The van der Waals surface area contributed by atoms with Crippen LogP contribution in [-0.4, -0.2) is 24.9 Å². The van der Waals surface area contributed by atoms with Gasteiger partial charge in [0.05, 0.1) is 13.7 Å². The van der Waals surface area contributed by atoms with Gasteiger partial charge in [-0.15, -0.1) is 0 Å². The van der Waals surface area contributed by atoms with Crippen LogP contribution in [0.3, 0.4) is 0 Å². The predicted octanol–water partition coefficient (Wildman–Crippen LogP) is 1.73. The van der Waals surface area contributed by atoms with Gasteiger partial charge in [0, 0.05) is 12.1 Å². The SMILES string of the molecule is COc1ccc(C(C)N[C@@H](C)CO)cc1. The van der Waals surface area contributed by atoms with Gasteiger partial charge in [0.1, 0.15) is 5.75 Å². The van der Waals surface area contributed by atoms with Crippen LogP contribution in [0.15, 0.2) is 24.3 Å². The Kier molecular flexibility index (Phi) is 4.59. The van der Waals surface area contributed by atoms with E-state index in [2.05, 4.69) is 12.2 Å². The van der Waals surface area contributed by atoms with E-state index >= 15 is 0 Å². The van der Waals surface area contributed by atoms with Gasteiger partial charge in [0.25, 0.3) is 0 Å². The molecule has 0 aliphatic heterocycles. The van der Waals surface area contributed by atoms with Gasteiger partial charge in [0.15, 0.2) is 0 Å². The van der Waals surface area contributed by atoms with Crippen LogP contribution in [0.25, 0.3) is 0 Å². The third-order valence-electron chi connectivity index (χ3n) is 2.42. The summed E-state index contributed by atoms with van der Waals surface area (Å²) in [4.78, 5) is 0. The van der Waals surface area contributed by atoms with Crippen molar-refractivity contribution < 1.29 is 9.84 Å². The predicted molar refractivity (Wildman–Crippen MR) is 61.1 cm³/mol. The maximum Gasteiger partial charge on any atom is 0.118 e. The number of aliphatic hydroxyl groups is 1. The maximum atomic E-state index is 8.93. The van der Waals surface area contributed by atoms with Crippen LogP contribution in [0.5, 0.6) is 5.75 Å². The fourth-order valence-corrected chi connectivity index (χ4v) is 1.47. The summed E-state index contributed by atoms with van der Waals surface area (Å²) in [5.74, 6) is 0.862. The Morgan fingerprint density at radius 1 is 1.27 bits per heavy atom. The fraction of sp³-hybridized carbons (Fsp3) is 0.500. The molecule has 84 valence electrons. The summed E-state index contributed by atoms with van der Waals surface area (Å²) in [5, 5.41) is 12.2. The Labute approximate surface area is 91.1 Å². The van der Waals surface area contributed by atoms with Gasteiger partial charge in [-0.1, -0.05) is 12.1 Å². The van der Waals surface area contributed by atoms with Crippen LogP contribution in [0.4, 0.5) is 0 Å². The Bertz CT molecular complexity index is 284. The summed E-state index contributed by atoms with van der Waals surface area (Å²) in [6.07, 6.45) is 0. The van der Waals surface area contributed by atoms with Gasteiger partial charge < -0.3 is 15.2 Å². The van der Waals surface area contributed by atoms with E-state index in [0.29, 0.717) is 0 Å². The number of hydrogen-bond donors (Lipinski definition) is 2. The van der Waals surface area contributed by atoms with Crippen LogP contribution in [0, 0.1) is 0 Å². The van der Waals surface area contributed by atoms with E-state index in [4.69, 9.17) is 9.84 Å². The van der Waals surface area contributed by atoms with Crippen LogP contribution >= 0.6 is 0 Å². The molecule has 2 N–H and O–H groups in total. The van der Waals surface area contributed by atoms with E-state index in [0.717, 1.165) is 5.75 Å². The molecule has 1 aromatic carbocycles. The summed E-state index contributed by atoms with van der Waals surface area (Å²) >= 11 is 0. The quantitative estimate of drug-likeness (QED) is 0.776. The fourth-order valence-electron chi connectivity index (χ4n) is 1.47. The molecular formula is C12H19NO2. The lowest BCUT2D eigenvalue weighted by molar-refractivity contribution is 0.243. The van der Waals surface area contributed by atoms with Crippen molar-refractivity contribution in [2.24, 2.45) is 0 Å². The lowest BCUT2D eigenvalue weighted by Gasteiger charge is -2.18. The van der Waals surface area contributed by atoms with Gasteiger partial charge in [-0.05, 0) is 31.5 Å². The summed E-state index contributed by atoms with van der Waals surface area (Å²) in [6, 6.07) is 8.29.